The van der Waals surface area contributed by atoms with Gasteiger partial charge in [-0.1, -0.05) is 51.3 Å². The number of amides is 4. The fourth-order valence-corrected chi connectivity index (χ4v) is 8.05. The van der Waals surface area contributed by atoms with Crippen molar-refractivity contribution in [3.63, 3.8) is 0 Å². The third-order valence-corrected chi connectivity index (χ3v) is 10.8. The maximum Gasteiger partial charge on any atom is 0.268 e. The van der Waals surface area contributed by atoms with E-state index in [0.717, 1.165) is 43.0 Å². The molecule has 44 heavy (non-hydrogen) atoms. The molecule has 4 aliphatic rings. The van der Waals surface area contributed by atoms with Gasteiger partial charge >= 0.3 is 0 Å². The van der Waals surface area contributed by atoms with Crippen LogP contribution in [0.4, 0.5) is 0 Å². The van der Waals surface area contributed by atoms with Gasteiger partial charge in [-0.2, -0.15) is 0 Å². The molecule has 11 nitrogen and oxygen atoms in total. The van der Waals surface area contributed by atoms with E-state index in [2.05, 4.69) is 34.8 Å². The van der Waals surface area contributed by atoms with Gasteiger partial charge in [0.25, 0.3) is 5.91 Å². The first-order valence-electron chi connectivity index (χ1n) is 16.0. The molecule has 5 N–H and O–H groups in total. The number of nitrogens with zero attached hydrogens (tertiary/aromatic N) is 1. The van der Waals surface area contributed by atoms with Gasteiger partial charge in [-0.3, -0.25) is 24.0 Å². The molecule has 2 saturated heterocycles. The molecule has 236 valence electrons. The number of aromatic amines is 1. The lowest BCUT2D eigenvalue weighted by molar-refractivity contribution is -0.144. The summed E-state index contributed by atoms with van der Waals surface area (Å²) in [6.45, 7) is 4.31. The first kappa shape index (κ1) is 30.3. The number of aromatic nitrogens is 1. The van der Waals surface area contributed by atoms with Crippen molar-refractivity contribution < 1.29 is 29.1 Å². The van der Waals surface area contributed by atoms with E-state index in [-0.39, 0.29) is 47.3 Å². The van der Waals surface area contributed by atoms with E-state index >= 15 is 0 Å². The van der Waals surface area contributed by atoms with Crippen LogP contribution in [0, 0.1) is 29.1 Å². The SMILES string of the molecule is CC1(C)[C@@H]2[C@@H](C(=O)N[C@@H](C[C@@H]3CCNC3=O)C(=O)CO)N(C(=O)[C@@H](NC(=O)c3cc4ccccc4[nH]3)C3CCCCC3)C[C@@H]21. The van der Waals surface area contributed by atoms with E-state index in [0.29, 0.717) is 25.2 Å². The lowest BCUT2D eigenvalue weighted by Crippen LogP contribution is -2.59. The van der Waals surface area contributed by atoms with Crippen molar-refractivity contribution >= 4 is 40.3 Å². The highest BCUT2D eigenvalue weighted by molar-refractivity contribution is 6.01. The van der Waals surface area contributed by atoms with Crippen LogP contribution in [0.1, 0.15) is 69.3 Å². The van der Waals surface area contributed by atoms with Crippen LogP contribution in [0.3, 0.4) is 0 Å². The van der Waals surface area contributed by atoms with Gasteiger partial charge < -0.3 is 30.9 Å². The van der Waals surface area contributed by atoms with Crippen molar-refractivity contribution in [3.05, 3.63) is 36.0 Å². The molecule has 1 aromatic carbocycles. The topological polar surface area (TPSA) is 161 Å². The average molecular weight is 606 g/mol. The summed E-state index contributed by atoms with van der Waals surface area (Å²) in [4.78, 5) is 71.6. The van der Waals surface area contributed by atoms with Crippen LogP contribution in [-0.4, -0.2) is 82.2 Å². The standard InChI is InChI=1S/C33H43N5O6/c1-33(2)21-16-38(28(26(21)33)31(43)36-23(25(40)17-39)15-20-12-13-34-29(20)41)32(44)27(18-8-4-3-5-9-18)37-30(42)24-14-19-10-6-7-11-22(19)35-24/h6-7,10-11,14,18,20-21,23,26-28,35,39H,3-5,8-9,12-13,15-17H2,1-2H3,(H,34,41)(H,36,43)(H,37,42)/t20-,21-,23-,26-,27-,28-/m0/s1. The molecule has 0 unspecified atom stereocenters. The summed E-state index contributed by atoms with van der Waals surface area (Å²) in [6, 6.07) is 6.75. The summed E-state index contributed by atoms with van der Waals surface area (Å²) < 4.78 is 0. The molecule has 4 amide bonds. The fraction of sp³-hybridized carbons (Fsp3) is 0.606. The molecule has 2 saturated carbocycles. The fourth-order valence-electron chi connectivity index (χ4n) is 8.05. The first-order chi connectivity index (χ1) is 21.1. The Bertz CT molecular complexity index is 1430. The van der Waals surface area contributed by atoms with Gasteiger partial charge in [-0.25, -0.2) is 0 Å². The minimum absolute atomic E-state index is 0.0529. The number of carbonyl (C=O) groups excluding carboxylic acids is 5. The second-order valence-electron chi connectivity index (χ2n) is 13.7. The van der Waals surface area contributed by atoms with Crippen LogP contribution in [0.25, 0.3) is 10.9 Å². The van der Waals surface area contributed by atoms with Crippen molar-refractivity contribution in [1.82, 2.24) is 25.8 Å². The van der Waals surface area contributed by atoms with Crippen LogP contribution in [0.5, 0.6) is 0 Å². The van der Waals surface area contributed by atoms with E-state index in [1.165, 1.54) is 0 Å². The molecule has 3 heterocycles. The second-order valence-corrected chi connectivity index (χ2v) is 13.7. The zero-order chi connectivity index (χ0) is 31.2. The van der Waals surface area contributed by atoms with Gasteiger partial charge in [0.1, 0.15) is 24.4 Å². The number of fused-ring (bicyclic) bond motifs is 2. The zero-order valence-corrected chi connectivity index (χ0v) is 25.4. The summed E-state index contributed by atoms with van der Waals surface area (Å²) in [5, 5.41) is 19.2. The molecular formula is C33H43N5O6. The van der Waals surface area contributed by atoms with E-state index < -0.39 is 42.3 Å². The summed E-state index contributed by atoms with van der Waals surface area (Å²) >= 11 is 0. The number of para-hydroxylation sites is 1. The van der Waals surface area contributed by atoms with Crippen molar-refractivity contribution in [1.29, 1.82) is 0 Å². The largest absolute Gasteiger partial charge is 0.389 e. The minimum Gasteiger partial charge on any atom is -0.389 e. The number of H-pyrrole nitrogens is 1. The number of likely N-dealkylation sites (tertiary alicyclic amines) is 1. The molecule has 2 aromatic rings. The zero-order valence-electron chi connectivity index (χ0n) is 25.4. The van der Waals surface area contributed by atoms with Crippen LogP contribution < -0.4 is 16.0 Å². The lowest BCUT2D eigenvalue weighted by atomic mass is 9.83. The van der Waals surface area contributed by atoms with E-state index in [1.54, 1.807) is 11.0 Å². The minimum atomic E-state index is -1.03. The summed E-state index contributed by atoms with van der Waals surface area (Å²) in [7, 11) is 0. The number of hydrogen-bond acceptors (Lipinski definition) is 6. The van der Waals surface area contributed by atoms with Gasteiger partial charge in [0, 0.05) is 29.9 Å². The quantitative estimate of drug-likeness (QED) is 0.278. The number of piperidine rings is 1. The Balaban J connectivity index is 1.24. The molecule has 0 spiro atoms. The Kier molecular flexibility index (Phi) is 8.26. The van der Waals surface area contributed by atoms with Crippen LogP contribution in [-0.2, 0) is 19.2 Å². The number of Topliss-reactive ketones (excluding diaryl/α,β-unsaturated/α-hetero) is 1. The number of carbonyl (C=O) groups is 5. The maximum absolute atomic E-state index is 14.4. The highest BCUT2D eigenvalue weighted by Crippen LogP contribution is 2.65. The monoisotopic (exact) mass is 605 g/mol. The highest BCUT2D eigenvalue weighted by Gasteiger charge is 2.69. The van der Waals surface area contributed by atoms with E-state index in [4.69, 9.17) is 0 Å². The van der Waals surface area contributed by atoms with Gasteiger partial charge in [-0.05, 0) is 61.0 Å². The lowest BCUT2D eigenvalue weighted by Gasteiger charge is -2.37. The van der Waals surface area contributed by atoms with E-state index in [1.807, 2.05) is 24.3 Å². The van der Waals surface area contributed by atoms with Crippen molar-refractivity contribution in [2.45, 2.75) is 76.9 Å². The Labute approximate surface area is 256 Å². The number of nitrogens with one attached hydrogen (secondary N) is 4. The number of aliphatic hydroxyl groups excluding tert-OH is 1. The first-order valence-corrected chi connectivity index (χ1v) is 16.0. The normalized spacial score (nSPS) is 27.3. The second kappa shape index (κ2) is 12.0. The van der Waals surface area contributed by atoms with Gasteiger partial charge in [0.05, 0.1) is 6.04 Å². The van der Waals surface area contributed by atoms with Gasteiger partial charge in [0.2, 0.25) is 17.7 Å². The number of hydrogen-bond donors (Lipinski definition) is 5. The van der Waals surface area contributed by atoms with E-state index in [9.17, 15) is 29.1 Å². The molecule has 11 heteroatoms. The Morgan fingerprint density at radius 2 is 1.82 bits per heavy atom. The van der Waals surface area contributed by atoms with Crippen molar-refractivity contribution in [2.24, 2.45) is 29.1 Å². The molecule has 2 aliphatic carbocycles. The molecule has 1 aromatic heterocycles. The Morgan fingerprint density at radius 3 is 2.50 bits per heavy atom. The summed E-state index contributed by atoms with van der Waals surface area (Å²) in [5.41, 5.74) is 1.05. The van der Waals surface area contributed by atoms with Crippen LogP contribution in [0.15, 0.2) is 30.3 Å². The number of benzene rings is 1. The number of aliphatic hydroxyl groups is 1. The Hall–Kier alpha value is -3.73. The molecule has 0 radical (unpaired) electrons. The third-order valence-electron chi connectivity index (χ3n) is 10.8. The van der Waals surface area contributed by atoms with Crippen LogP contribution >= 0.6 is 0 Å². The molecule has 2 aliphatic heterocycles. The summed E-state index contributed by atoms with van der Waals surface area (Å²) in [6.07, 6.45) is 5.29. The predicted molar refractivity (Wildman–Crippen MR) is 162 cm³/mol. The van der Waals surface area contributed by atoms with Crippen molar-refractivity contribution in [3.8, 4) is 0 Å². The molecular weight excluding hydrogens is 562 g/mol. The molecule has 6 atom stereocenters. The summed E-state index contributed by atoms with van der Waals surface area (Å²) in [5.74, 6) is -2.28. The number of ketones is 1. The molecule has 0 bridgehead atoms. The molecule has 4 fully saturated rings. The number of rotatable bonds is 10. The third kappa shape index (κ3) is 5.62. The van der Waals surface area contributed by atoms with Crippen molar-refractivity contribution in [2.75, 3.05) is 19.7 Å². The average Bonchev–Trinajstić information content (AvgIpc) is 3.54. The van der Waals surface area contributed by atoms with Gasteiger partial charge in [0.15, 0.2) is 5.78 Å². The maximum atomic E-state index is 14.4. The Morgan fingerprint density at radius 1 is 1.07 bits per heavy atom. The molecule has 6 rings (SSSR count). The van der Waals surface area contributed by atoms with Gasteiger partial charge in [-0.15, -0.1) is 0 Å². The highest BCUT2D eigenvalue weighted by atomic mass is 16.3. The smallest absolute Gasteiger partial charge is 0.268 e. The van der Waals surface area contributed by atoms with Crippen LogP contribution in [0.2, 0.25) is 0 Å². The predicted octanol–water partition coefficient (Wildman–Crippen LogP) is 1.90.